The highest BCUT2D eigenvalue weighted by Gasteiger charge is 2.07. The van der Waals surface area contributed by atoms with Crippen molar-refractivity contribution in [3.05, 3.63) is 48.4 Å². The molecule has 7 nitrogen and oxygen atoms in total. The zero-order chi connectivity index (χ0) is 18.5. The minimum atomic E-state index is -0.506. The number of H-pyrrole nitrogens is 1. The molecule has 0 radical (unpaired) electrons. The van der Waals surface area contributed by atoms with Crippen LogP contribution >= 0.6 is 0 Å². The molecule has 0 spiro atoms. The summed E-state index contributed by atoms with van der Waals surface area (Å²) in [4.78, 5) is 22.7. The number of rotatable bonds is 6. The van der Waals surface area contributed by atoms with Gasteiger partial charge in [0.1, 0.15) is 12.3 Å². The van der Waals surface area contributed by atoms with Gasteiger partial charge >= 0.3 is 0 Å². The number of carbonyl (C=O) groups is 1. The molecule has 0 aliphatic carbocycles. The summed E-state index contributed by atoms with van der Waals surface area (Å²) in [6.45, 7) is 2.09. The molecule has 0 unspecified atom stereocenters. The fourth-order valence-electron chi connectivity index (χ4n) is 2.38. The standard InChI is InChI=1S/C19H17N5O2/c1-12(7-20)11-26-18-5-3-13(8-22-18)15-6-16-14(2-4-17(21)25)9-23-19(16)24-10-15/h2-6,8-10,12H,11H2,1H3,(H2,21,25)(H,23,24)/t12-/m1/s1. The maximum absolute atomic E-state index is 10.9. The van der Waals surface area contributed by atoms with Crippen LogP contribution < -0.4 is 10.5 Å². The molecule has 3 N–H and O–H groups in total. The largest absolute Gasteiger partial charge is 0.476 e. The highest BCUT2D eigenvalue weighted by molar-refractivity contribution is 5.95. The van der Waals surface area contributed by atoms with Gasteiger partial charge in [0.2, 0.25) is 11.8 Å². The number of nitrogens with one attached hydrogen (secondary N) is 1. The van der Waals surface area contributed by atoms with E-state index < -0.39 is 5.91 Å². The average molecular weight is 347 g/mol. The summed E-state index contributed by atoms with van der Waals surface area (Å²) in [6.07, 6.45) is 8.17. The SMILES string of the molecule is C[C@H](C#N)COc1ccc(-c2cnc3[nH]cc(C=CC(N)=O)c3c2)cn1. The van der Waals surface area contributed by atoms with Gasteiger partial charge in [-0.3, -0.25) is 4.79 Å². The van der Waals surface area contributed by atoms with Crippen LogP contribution in [0.2, 0.25) is 0 Å². The Morgan fingerprint density at radius 2 is 2.19 bits per heavy atom. The third-order valence-corrected chi connectivity index (χ3v) is 3.76. The maximum atomic E-state index is 10.9. The van der Waals surface area contributed by atoms with Gasteiger partial charge in [-0.15, -0.1) is 0 Å². The molecular formula is C19H17N5O2. The molecule has 0 aliphatic rings. The molecule has 0 aliphatic heterocycles. The summed E-state index contributed by atoms with van der Waals surface area (Å²) in [5.74, 6) is -0.228. The molecule has 3 aromatic heterocycles. The number of hydrogen-bond acceptors (Lipinski definition) is 5. The Labute approximate surface area is 150 Å². The van der Waals surface area contributed by atoms with Crippen LogP contribution in [0.3, 0.4) is 0 Å². The predicted molar refractivity (Wildman–Crippen MR) is 97.8 cm³/mol. The Hall–Kier alpha value is -3.66. The molecule has 3 heterocycles. The lowest BCUT2D eigenvalue weighted by Gasteiger charge is -2.07. The van der Waals surface area contributed by atoms with Crippen molar-refractivity contribution in [3.8, 4) is 23.1 Å². The first-order valence-electron chi connectivity index (χ1n) is 8.00. The molecule has 3 rings (SSSR count). The number of ether oxygens (including phenoxy) is 1. The van der Waals surface area contributed by atoms with Gasteiger partial charge in [0, 0.05) is 52.8 Å². The van der Waals surface area contributed by atoms with Gasteiger partial charge in [-0.1, -0.05) is 0 Å². The molecule has 130 valence electrons. The minimum absolute atomic E-state index is 0.191. The summed E-state index contributed by atoms with van der Waals surface area (Å²) in [5.41, 5.74) is 8.46. The first-order chi connectivity index (χ1) is 12.6. The van der Waals surface area contributed by atoms with Crippen molar-refractivity contribution in [2.45, 2.75) is 6.92 Å². The molecular weight excluding hydrogens is 330 g/mol. The van der Waals surface area contributed by atoms with Crippen molar-refractivity contribution in [1.82, 2.24) is 15.0 Å². The molecule has 1 atom stereocenters. The number of primary amides is 1. The Balaban J connectivity index is 1.85. The molecule has 26 heavy (non-hydrogen) atoms. The van der Waals surface area contributed by atoms with Crippen molar-refractivity contribution in [1.29, 1.82) is 5.26 Å². The van der Waals surface area contributed by atoms with Crippen LogP contribution in [0.4, 0.5) is 0 Å². The first kappa shape index (κ1) is 17.2. The Bertz CT molecular complexity index is 999. The number of hydrogen-bond donors (Lipinski definition) is 2. The highest BCUT2D eigenvalue weighted by Crippen LogP contribution is 2.26. The zero-order valence-corrected chi connectivity index (χ0v) is 14.1. The summed E-state index contributed by atoms with van der Waals surface area (Å²) in [7, 11) is 0. The van der Waals surface area contributed by atoms with Crippen molar-refractivity contribution in [2.75, 3.05) is 6.61 Å². The topological polar surface area (TPSA) is 118 Å². The van der Waals surface area contributed by atoms with Crippen LogP contribution in [0.15, 0.2) is 42.9 Å². The Morgan fingerprint density at radius 1 is 1.38 bits per heavy atom. The molecule has 0 fully saturated rings. The fourth-order valence-corrected chi connectivity index (χ4v) is 2.38. The van der Waals surface area contributed by atoms with Gasteiger partial charge in [0.25, 0.3) is 0 Å². The second-order valence-electron chi connectivity index (χ2n) is 5.83. The van der Waals surface area contributed by atoms with E-state index in [1.54, 1.807) is 37.7 Å². The second-order valence-corrected chi connectivity index (χ2v) is 5.83. The van der Waals surface area contributed by atoms with Gasteiger partial charge < -0.3 is 15.5 Å². The van der Waals surface area contributed by atoms with E-state index in [0.29, 0.717) is 12.5 Å². The van der Waals surface area contributed by atoms with E-state index in [1.807, 2.05) is 12.1 Å². The van der Waals surface area contributed by atoms with Gasteiger partial charge in [0.05, 0.1) is 12.0 Å². The van der Waals surface area contributed by atoms with Crippen molar-refractivity contribution < 1.29 is 9.53 Å². The molecule has 7 heteroatoms. The lowest BCUT2D eigenvalue weighted by atomic mass is 10.1. The van der Waals surface area contributed by atoms with E-state index >= 15 is 0 Å². The summed E-state index contributed by atoms with van der Waals surface area (Å²) >= 11 is 0. The smallest absolute Gasteiger partial charge is 0.241 e. The van der Waals surface area contributed by atoms with Crippen molar-refractivity contribution in [2.24, 2.45) is 11.7 Å². The van der Waals surface area contributed by atoms with Gasteiger partial charge in [-0.25, -0.2) is 9.97 Å². The summed E-state index contributed by atoms with van der Waals surface area (Å²) in [5, 5.41) is 9.65. The third kappa shape index (κ3) is 3.87. The molecule has 3 aromatic rings. The average Bonchev–Trinajstić information content (AvgIpc) is 3.07. The maximum Gasteiger partial charge on any atom is 0.241 e. The highest BCUT2D eigenvalue weighted by atomic mass is 16.5. The van der Waals surface area contributed by atoms with E-state index in [2.05, 4.69) is 21.0 Å². The van der Waals surface area contributed by atoms with Crippen LogP contribution in [0.5, 0.6) is 5.88 Å². The van der Waals surface area contributed by atoms with Crippen LogP contribution in [0, 0.1) is 17.2 Å². The predicted octanol–water partition coefficient (Wildman–Crippen LogP) is 2.66. The number of carbonyl (C=O) groups excluding carboxylic acids is 1. The van der Waals surface area contributed by atoms with E-state index in [9.17, 15) is 4.79 Å². The van der Waals surface area contributed by atoms with Crippen LogP contribution in [0.25, 0.3) is 28.2 Å². The van der Waals surface area contributed by atoms with E-state index in [-0.39, 0.29) is 5.92 Å². The number of pyridine rings is 2. The number of aromatic amines is 1. The number of nitrogens with two attached hydrogens (primary N) is 1. The fraction of sp³-hybridized carbons (Fsp3) is 0.158. The van der Waals surface area contributed by atoms with E-state index in [4.69, 9.17) is 15.7 Å². The number of nitrogens with zero attached hydrogens (tertiary/aromatic N) is 3. The third-order valence-electron chi connectivity index (χ3n) is 3.76. The molecule has 0 aromatic carbocycles. The molecule has 0 saturated carbocycles. The van der Waals surface area contributed by atoms with Crippen molar-refractivity contribution in [3.63, 3.8) is 0 Å². The monoisotopic (exact) mass is 347 g/mol. The summed E-state index contributed by atoms with van der Waals surface area (Å²) < 4.78 is 5.47. The van der Waals surface area contributed by atoms with E-state index in [0.717, 1.165) is 27.7 Å². The van der Waals surface area contributed by atoms with Gasteiger partial charge in [0.15, 0.2) is 0 Å². The lowest BCUT2D eigenvalue weighted by Crippen LogP contribution is -2.06. The van der Waals surface area contributed by atoms with Crippen LogP contribution in [-0.2, 0) is 4.79 Å². The second kappa shape index (κ2) is 7.49. The lowest BCUT2D eigenvalue weighted by molar-refractivity contribution is -0.113. The summed E-state index contributed by atoms with van der Waals surface area (Å²) in [6, 6.07) is 7.72. The van der Waals surface area contributed by atoms with Crippen molar-refractivity contribution >= 4 is 23.0 Å². The van der Waals surface area contributed by atoms with E-state index in [1.165, 1.54) is 6.08 Å². The minimum Gasteiger partial charge on any atom is -0.476 e. The normalized spacial score (nSPS) is 12.2. The van der Waals surface area contributed by atoms with Crippen LogP contribution in [-0.4, -0.2) is 27.5 Å². The Kier molecular flexibility index (Phi) is 4.94. The zero-order valence-electron chi connectivity index (χ0n) is 14.1. The number of fused-ring (bicyclic) bond motifs is 1. The number of aromatic nitrogens is 3. The molecule has 0 saturated heterocycles. The number of nitriles is 1. The van der Waals surface area contributed by atoms with Gasteiger partial charge in [-0.05, 0) is 25.1 Å². The quantitative estimate of drug-likeness (QED) is 0.665. The molecule has 1 amide bonds. The van der Waals surface area contributed by atoms with Gasteiger partial charge in [-0.2, -0.15) is 5.26 Å². The Morgan fingerprint density at radius 3 is 2.88 bits per heavy atom. The first-order valence-corrected chi connectivity index (χ1v) is 8.00. The van der Waals surface area contributed by atoms with Crippen LogP contribution in [0.1, 0.15) is 12.5 Å². The molecule has 0 bridgehead atoms. The number of amides is 1.